The summed E-state index contributed by atoms with van der Waals surface area (Å²) in [7, 11) is 0. The van der Waals surface area contributed by atoms with Crippen molar-refractivity contribution in [3.63, 3.8) is 0 Å². The van der Waals surface area contributed by atoms with Gasteiger partial charge >= 0.3 is 11.9 Å². The quantitative estimate of drug-likeness (QED) is 0.800. The summed E-state index contributed by atoms with van der Waals surface area (Å²) in [6, 6.07) is 9.36. The van der Waals surface area contributed by atoms with Crippen LogP contribution >= 0.6 is 0 Å². The molecular weight excluding hydrogens is 304 g/mol. The van der Waals surface area contributed by atoms with Gasteiger partial charge in [-0.05, 0) is 5.56 Å². The van der Waals surface area contributed by atoms with Gasteiger partial charge < -0.3 is 24.1 Å². The lowest BCUT2D eigenvalue weighted by molar-refractivity contribution is -0.273. The summed E-state index contributed by atoms with van der Waals surface area (Å²) in [6.45, 7) is 2.66. The van der Waals surface area contributed by atoms with E-state index in [2.05, 4.69) is 0 Å². The summed E-state index contributed by atoms with van der Waals surface area (Å²) in [5, 5.41) is 9.92. The summed E-state index contributed by atoms with van der Waals surface area (Å²) < 4.78 is 21.1. The second kappa shape index (κ2) is 8.05. The number of benzene rings is 1. The van der Waals surface area contributed by atoms with Gasteiger partial charge in [0.2, 0.25) is 0 Å². The van der Waals surface area contributed by atoms with Crippen LogP contribution in [0, 0.1) is 0 Å². The molecule has 1 aliphatic heterocycles. The van der Waals surface area contributed by atoms with Crippen LogP contribution in [0.25, 0.3) is 0 Å². The Balaban J connectivity index is 2.12. The maximum absolute atomic E-state index is 11.3. The maximum Gasteiger partial charge on any atom is 0.303 e. The number of hydrogen-bond acceptors (Lipinski definition) is 7. The lowest BCUT2D eigenvalue weighted by Crippen LogP contribution is -2.56. The monoisotopic (exact) mass is 324 g/mol. The van der Waals surface area contributed by atoms with E-state index in [1.165, 1.54) is 13.8 Å². The van der Waals surface area contributed by atoms with Crippen LogP contribution in [0.4, 0.5) is 0 Å². The lowest BCUT2D eigenvalue weighted by Gasteiger charge is -2.38. The molecule has 7 nitrogen and oxygen atoms in total. The molecule has 1 aliphatic rings. The van der Waals surface area contributed by atoms with Crippen molar-refractivity contribution in [1.29, 1.82) is 0 Å². The Morgan fingerprint density at radius 2 is 1.78 bits per heavy atom. The summed E-state index contributed by atoms with van der Waals surface area (Å²) in [5.74, 6) is -1.10. The molecule has 2 rings (SSSR count). The van der Waals surface area contributed by atoms with Crippen LogP contribution in [0.15, 0.2) is 30.3 Å². The summed E-state index contributed by atoms with van der Waals surface area (Å²) in [4.78, 5) is 22.5. The van der Waals surface area contributed by atoms with Crippen molar-refractivity contribution in [2.24, 2.45) is 0 Å². The van der Waals surface area contributed by atoms with E-state index < -0.39 is 36.5 Å². The van der Waals surface area contributed by atoms with Crippen molar-refractivity contribution in [2.45, 2.75) is 45.1 Å². The van der Waals surface area contributed by atoms with Gasteiger partial charge in [-0.25, -0.2) is 0 Å². The lowest BCUT2D eigenvalue weighted by atomic mass is 10.0. The van der Waals surface area contributed by atoms with Gasteiger partial charge in [0.15, 0.2) is 18.5 Å². The number of carbonyl (C=O) groups is 2. The Morgan fingerprint density at radius 3 is 2.39 bits per heavy atom. The van der Waals surface area contributed by atoms with E-state index in [-0.39, 0.29) is 13.2 Å². The van der Waals surface area contributed by atoms with Gasteiger partial charge in [0.05, 0.1) is 13.2 Å². The topological polar surface area (TPSA) is 91.3 Å². The molecule has 1 N–H and O–H groups in total. The largest absolute Gasteiger partial charge is 0.457 e. The third-order valence-electron chi connectivity index (χ3n) is 3.31. The van der Waals surface area contributed by atoms with Crippen molar-refractivity contribution in [3.8, 4) is 0 Å². The molecule has 23 heavy (non-hydrogen) atoms. The van der Waals surface area contributed by atoms with Gasteiger partial charge in [-0.1, -0.05) is 30.3 Å². The number of hydrogen-bond donors (Lipinski definition) is 1. The van der Waals surface area contributed by atoms with Gasteiger partial charge in [0, 0.05) is 13.8 Å². The summed E-state index contributed by atoms with van der Waals surface area (Å²) >= 11 is 0. The van der Waals surface area contributed by atoms with Crippen molar-refractivity contribution in [2.75, 3.05) is 6.61 Å². The number of aliphatic hydroxyl groups excluding tert-OH is 1. The molecule has 1 heterocycles. The molecule has 0 saturated carbocycles. The van der Waals surface area contributed by atoms with Crippen LogP contribution in [0.2, 0.25) is 0 Å². The Kier molecular flexibility index (Phi) is 6.09. The fourth-order valence-corrected chi connectivity index (χ4v) is 2.36. The van der Waals surface area contributed by atoms with Crippen LogP contribution in [-0.4, -0.2) is 48.3 Å². The first-order valence-electron chi connectivity index (χ1n) is 7.27. The first-order valence-corrected chi connectivity index (χ1v) is 7.27. The van der Waals surface area contributed by atoms with Crippen LogP contribution < -0.4 is 0 Å². The highest BCUT2D eigenvalue weighted by molar-refractivity contribution is 5.67. The van der Waals surface area contributed by atoms with Crippen LogP contribution in [0.1, 0.15) is 19.4 Å². The van der Waals surface area contributed by atoms with E-state index >= 15 is 0 Å². The van der Waals surface area contributed by atoms with Gasteiger partial charge in [0.1, 0.15) is 6.10 Å². The van der Waals surface area contributed by atoms with Crippen LogP contribution in [0.5, 0.6) is 0 Å². The first kappa shape index (κ1) is 17.4. The predicted molar refractivity (Wildman–Crippen MR) is 78.1 cm³/mol. The Hall–Kier alpha value is -1.96. The number of esters is 2. The molecule has 0 aromatic heterocycles. The van der Waals surface area contributed by atoms with E-state index in [0.717, 1.165) is 5.56 Å². The van der Waals surface area contributed by atoms with Crippen molar-refractivity contribution >= 4 is 11.9 Å². The molecule has 0 unspecified atom stereocenters. The molecule has 0 radical (unpaired) electrons. The van der Waals surface area contributed by atoms with Gasteiger partial charge in [-0.2, -0.15) is 0 Å². The maximum atomic E-state index is 11.3. The molecule has 7 heteroatoms. The summed E-state index contributed by atoms with van der Waals surface area (Å²) in [6.07, 6.45) is -4.02. The number of carbonyl (C=O) groups excluding carboxylic acids is 2. The standard InChI is InChI=1S/C16H20O7/c1-10(17)22-13-9-21-16(19)15(23-11(2)18)14(13)20-8-12-6-4-3-5-7-12/h3-7,13-16,19H,8-9H2,1-2H3/t13-,14+,15-,16+/m1/s1. The van der Waals surface area contributed by atoms with E-state index in [9.17, 15) is 14.7 Å². The normalized spacial score (nSPS) is 27.3. The SMILES string of the molecule is CC(=O)O[C@@H]1[C@@H](OCc2ccccc2)[C@H](OC(C)=O)CO[C@@H]1O. The third-order valence-corrected chi connectivity index (χ3v) is 3.31. The highest BCUT2D eigenvalue weighted by Crippen LogP contribution is 2.24. The van der Waals surface area contributed by atoms with Crippen LogP contribution in [-0.2, 0) is 35.1 Å². The number of rotatable bonds is 5. The minimum absolute atomic E-state index is 0.0437. The van der Waals surface area contributed by atoms with Gasteiger partial charge in [0.25, 0.3) is 0 Å². The average molecular weight is 324 g/mol. The molecule has 1 aromatic carbocycles. The molecule has 4 atom stereocenters. The zero-order valence-electron chi connectivity index (χ0n) is 13.0. The highest BCUT2D eigenvalue weighted by Gasteiger charge is 2.44. The molecule has 1 aromatic rings. The van der Waals surface area contributed by atoms with Crippen LogP contribution in [0.3, 0.4) is 0 Å². The van der Waals surface area contributed by atoms with E-state index in [4.69, 9.17) is 18.9 Å². The Bertz CT molecular complexity index is 530. The molecular formula is C16H20O7. The fourth-order valence-electron chi connectivity index (χ4n) is 2.36. The Morgan fingerprint density at radius 1 is 1.13 bits per heavy atom. The number of ether oxygens (including phenoxy) is 4. The smallest absolute Gasteiger partial charge is 0.303 e. The second-order valence-corrected chi connectivity index (χ2v) is 5.21. The second-order valence-electron chi connectivity index (χ2n) is 5.21. The molecule has 0 spiro atoms. The minimum Gasteiger partial charge on any atom is -0.457 e. The van der Waals surface area contributed by atoms with Crippen molar-refractivity contribution in [3.05, 3.63) is 35.9 Å². The van der Waals surface area contributed by atoms with Crippen molar-refractivity contribution < 1.29 is 33.6 Å². The summed E-state index contributed by atoms with van der Waals surface area (Å²) in [5.41, 5.74) is 0.900. The van der Waals surface area contributed by atoms with Gasteiger partial charge in [-0.15, -0.1) is 0 Å². The third kappa shape index (κ3) is 5.02. The van der Waals surface area contributed by atoms with E-state index in [1.54, 1.807) is 0 Å². The fraction of sp³-hybridized carbons (Fsp3) is 0.500. The van der Waals surface area contributed by atoms with Gasteiger partial charge in [-0.3, -0.25) is 9.59 Å². The zero-order chi connectivity index (χ0) is 16.8. The average Bonchev–Trinajstić information content (AvgIpc) is 2.50. The molecule has 126 valence electrons. The molecule has 0 amide bonds. The number of aliphatic hydroxyl groups is 1. The van der Waals surface area contributed by atoms with E-state index in [1.807, 2.05) is 30.3 Å². The molecule has 1 saturated heterocycles. The Labute approximate surface area is 134 Å². The highest BCUT2D eigenvalue weighted by atomic mass is 16.7. The molecule has 0 aliphatic carbocycles. The molecule has 1 fully saturated rings. The molecule has 0 bridgehead atoms. The van der Waals surface area contributed by atoms with E-state index in [0.29, 0.717) is 0 Å². The first-order chi connectivity index (χ1) is 11.0. The predicted octanol–water partition coefficient (Wildman–Crippen LogP) is 0.784. The van der Waals surface area contributed by atoms with Crippen molar-refractivity contribution in [1.82, 2.24) is 0 Å². The zero-order valence-corrected chi connectivity index (χ0v) is 13.0. The minimum atomic E-state index is -1.34.